The molecule has 4 N–H and O–H groups in total. The van der Waals surface area contributed by atoms with E-state index in [1.807, 2.05) is 0 Å². The molecule has 10 heteroatoms. The molecule has 29 heavy (non-hydrogen) atoms. The number of halogens is 3. The summed E-state index contributed by atoms with van der Waals surface area (Å²) in [7, 11) is 0. The Hall–Kier alpha value is -3.56. The lowest BCUT2D eigenvalue weighted by Gasteiger charge is -2.10. The maximum Gasteiger partial charge on any atom is 0.416 e. The number of nitrogens with one attached hydrogen (secondary N) is 2. The van der Waals surface area contributed by atoms with Crippen LogP contribution in [0.1, 0.15) is 21.5 Å². The minimum absolute atomic E-state index is 0.0682. The maximum atomic E-state index is 12.7. The number of carbonyl (C=O) groups excluding carboxylic acids is 3. The predicted molar refractivity (Wildman–Crippen MR) is 96.8 cm³/mol. The van der Waals surface area contributed by atoms with Crippen LogP contribution in [-0.4, -0.2) is 30.9 Å². The molecular formula is C19H18F3N3O4. The number of amides is 3. The number of hydrogen-bond acceptors (Lipinski definition) is 4. The molecule has 7 nitrogen and oxygen atoms in total. The van der Waals surface area contributed by atoms with Gasteiger partial charge < -0.3 is 21.1 Å². The fraction of sp³-hybridized carbons (Fsp3) is 0.211. The van der Waals surface area contributed by atoms with Gasteiger partial charge in [0.15, 0.2) is 6.61 Å². The Bertz CT molecular complexity index is 883. The number of carbonyl (C=O) groups is 3. The van der Waals surface area contributed by atoms with Gasteiger partial charge in [-0.2, -0.15) is 13.2 Å². The Morgan fingerprint density at radius 3 is 2.31 bits per heavy atom. The number of nitrogens with two attached hydrogens (primary N) is 1. The SMILES string of the molecule is NC(=O)CNC(=O)c1ccc(CNC(=O)COc2cccc(C(F)(F)F)c2)cc1. The van der Waals surface area contributed by atoms with Gasteiger partial charge in [-0.25, -0.2) is 0 Å². The number of primary amides is 1. The number of hydrogen-bond donors (Lipinski definition) is 3. The second kappa shape index (κ2) is 9.58. The lowest BCUT2D eigenvalue weighted by Crippen LogP contribution is -2.33. The fourth-order valence-corrected chi connectivity index (χ4v) is 2.21. The van der Waals surface area contributed by atoms with Crippen molar-refractivity contribution in [3.05, 3.63) is 65.2 Å². The van der Waals surface area contributed by atoms with Gasteiger partial charge in [0.2, 0.25) is 5.91 Å². The van der Waals surface area contributed by atoms with Crippen LogP contribution < -0.4 is 21.1 Å². The molecule has 0 atom stereocenters. The third-order valence-corrected chi connectivity index (χ3v) is 3.66. The topological polar surface area (TPSA) is 111 Å². The van der Waals surface area contributed by atoms with Crippen LogP contribution in [-0.2, 0) is 22.3 Å². The van der Waals surface area contributed by atoms with Crippen molar-refractivity contribution in [2.24, 2.45) is 5.73 Å². The summed E-state index contributed by atoms with van der Waals surface area (Å²) in [6.07, 6.45) is -4.50. The van der Waals surface area contributed by atoms with Gasteiger partial charge >= 0.3 is 6.18 Å². The minimum atomic E-state index is -4.50. The molecule has 0 saturated heterocycles. The van der Waals surface area contributed by atoms with Crippen molar-refractivity contribution in [1.82, 2.24) is 10.6 Å². The molecule has 2 aromatic rings. The fourth-order valence-electron chi connectivity index (χ4n) is 2.21. The van der Waals surface area contributed by atoms with Gasteiger partial charge in [0.25, 0.3) is 11.8 Å². The summed E-state index contributed by atoms with van der Waals surface area (Å²) in [6, 6.07) is 10.5. The number of ether oxygens (including phenoxy) is 1. The molecule has 0 fully saturated rings. The highest BCUT2D eigenvalue weighted by molar-refractivity contribution is 5.96. The first kappa shape index (κ1) is 21.7. The molecule has 0 bridgehead atoms. The van der Waals surface area contributed by atoms with E-state index in [1.165, 1.54) is 24.3 Å². The first-order chi connectivity index (χ1) is 13.6. The van der Waals surface area contributed by atoms with Gasteiger partial charge in [0.1, 0.15) is 5.75 Å². The molecule has 0 aromatic heterocycles. The van der Waals surface area contributed by atoms with E-state index in [0.29, 0.717) is 11.1 Å². The first-order valence-corrected chi connectivity index (χ1v) is 8.37. The highest BCUT2D eigenvalue weighted by atomic mass is 19.4. The highest BCUT2D eigenvalue weighted by Gasteiger charge is 2.30. The normalized spacial score (nSPS) is 10.9. The van der Waals surface area contributed by atoms with Crippen LogP contribution in [0.15, 0.2) is 48.5 Å². The van der Waals surface area contributed by atoms with E-state index in [2.05, 4.69) is 10.6 Å². The first-order valence-electron chi connectivity index (χ1n) is 8.37. The zero-order valence-corrected chi connectivity index (χ0v) is 15.1. The summed E-state index contributed by atoms with van der Waals surface area (Å²) in [5, 5.41) is 4.90. The molecule has 0 spiro atoms. The second-order valence-corrected chi connectivity index (χ2v) is 5.94. The molecule has 0 aliphatic carbocycles. The standard InChI is InChI=1S/C19H18F3N3O4/c20-19(21,22)14-2-1-3-15(8-14)29-11-17(27)24-9-12-4-6-13(7-5-12)18(28)25-10-16(23)26/h1-8H,9-11H2,(H2,23,26)(H,24,27)(H,25,28). The van der Waals surface area contributed by atoms with E-state index in [9.17, 15) is 27.6 Å². The third-order valence-electron chi connectivity index (χ3n) is 3.66. The summed E-state index contributed by atoms with van der Waals surface area (Å²) < 4.78 is 43.0. The summed E-state index contributed by atoms with van der Waals surface area (Å²) in [5.74, 6) is -1.72. The largest absolute Gasteiger partial charge is 0.484 e. The highest BCUT2D eigenvalue weighted by Crippen LogP contribution is 2.31. The van der Waals surface area contributed by atoms with Crippen LogP contribution in [0.5, 0.6) is 5.75 Å². The van der Waals surface area contributed by atoms with Crippen LogP contribution in [0.25, 0.3) is 0 Å². The Kier molecular flexibility index (Phi) is 7.18. The van der Waals surface area contributed by atoms with Crippen molar-refractivity contribution < 1.29 is 32.3 Å². The van der Waals surface area contributed by atoms with Crippen molar-refractivity contribution in [3.8, 4) is 5.75 Å². The van der Waals surface area contributed by atoms with Crippen molar-refractivity contribution in [2.45, 2.75) is 12.7 Å². The predicted octanol–water partition coefficient (Wildman–Crippen LogP) is 1.62. The van der Waals surface area contributed by atoms with Crippen molar-refractivity contribution >= 4 is 17.7 Å². The minimum Gasteiger partial charge on any atom is -0.484 e. The van der Waals surface area contributed by atoms with Gasteiger partial charge in [-0.3, -0.25) is 14.4 Å². The Labute approximate surface area is 164 Å². The number of alkyl halides is 3. The van der Waals surface area contributed by atoms with E-state index >= 15 is 0 Å². The second-order valence-electron chi connectivity index (χ2n) is 5.94. The van der Waals surface area contributed by atoms with Crippen molar-refractivity contribution in [1.29, 1.82) is 0 Å². The van der Waals surface area contributed by atoms with Gasteiger partial charge in [0.05, 0.1) is 12.1 Å². The van der Waals surface area contributed by atoms with Gasteiger partial charge in [0, 0.05) is 12.1 Å². The molecule has 2 rings (SSSR count). The molecule has 0 aliphatic rings. The van der Waals surface area contributed by atoms with Crippen molar-refractivity contribution in [2.75, 3.05) is 13.2 Å². The van der Waals surface area contributed by atoms with E-state index in [1.54, 1.807) is 12.1 Å². The van der Waals surface area contributed by atoms with Gasteiger partial charge in [-0.15, -0.1) is 0 Å². The van der Waals surface area contributed by atoms with Crippen LogP contribution in [0.2, 0.25) is 0 Å². The zero-order chi connectivity index (χ0) is 21.4. The monoisotopic (exact) mass is 409 g/mol. The molecular weight excluding hydrogens is 391 g/mol. The van der Waals surface area contributed by atoms with Crippen LogP contribution in [0.3, 0.4) is 0 Å². The van der Waals surface area contributed by atoms with E-state index in [0.717, 1.165) is 12.1 Å². The molecule has 3 amide bonds. The van der Waals surface area contributed by atoms with E-state index in [-0.39, 0.29) is 18.8 Å². The third kappa shape index (κ3) is 7.17. The Morgan fingerprint density at radius 1 is 1.00 bits per heavy atom. The lowest BCUT2D eigenvalue weighted by molar-refractivity contribution is -0.137. The molecule has 0 aliphatic heterocycles. The molecule has 0 heterocycles. The maximum absolute atomic E-state index is 12.7. The molecule has 0 unspecified atom stereocenters. The molecule has 0 saturated carbocycles. The average Bonchev–Trinajstić information content (AvgIpc) is 2.69. The summed E-state index contributed by atoms with van der Waals surface area (Å²) in [4.78, 5) is 34.2. The number of benzene rings is 2. The van der Waals surface area contributed by atoms with Crippen molar-refractivity contribution in [3.63, 3.8) is 0 Å². The van der Waals surface area contributed by atoms with E-state index in [4.69, 9.17) is 10.5 Å². The molecule has 2 aromatic carbocycles. The lowest BCUT2D eigenvalue weighted by atomic mass is 10.1. The Balaban J connectivity index is 1.80. The van der Waals surface area contributed by atoms with Gasteiger partial charge in [-0.1, -0.05) is 18.2 Å². The quantitative estimate of drug-likeness (QED) is 0.615. The summed E-state index contributed by atoms with van der Waals surface area (Å²) in [6.45, 7) is -0.592. The van der Waals surface area contributed by atoms with Crippen LogP contribution in [0, 0.1) is 0 Å². The zero-order valence-electron chi connectivity index (χ0n) is 15.1. The molecule has 0 radical (unpaired) electrons. The smallest absolute Gasteiger partial charge is 0.416 e. The number of rotatable bonds is 8. The van der Waals surface area contributed by atoms with Crippen LogP contribution >= 0.6 is 0 Å². The molecule has 154 valence electrons. The average molecular weight is 409 g/mol. The van der Waals surface area contributed by atoms with Gasteiger partial charge in [-0.05, 0) is 35.9 Å². The Morgan fingerprint density at radius 2 is 1.69 bits per heavy atom. The summed E-state index contributed by atoms with van der Waals surface area (Å²) >= 11 is 0. The van der Waals surface area contributed by atoms with Crippen LogP contribution in [0.4, 0.5) is 13.2 Å². The summed E-state index contributed by atoms with van der Waals surface area (Å²) in [5.41, 5.74) is 5.08. The van der Waals surface area contributed by atoms with E-state index < -0.39 is 36.1 Å².